The van der Waals surface area contributed by atoms with E-state index in [9.17, 15) is 0 Å². The highest BCUT2D eigenvalue weighted by Crippen LogP contribution is 2.30. The molecule has 68 valence electrons. The molecule has 0 amide bonds. The van der Waals surface area contributed by atoms with Crippen LogP contribution in [0, 0.1) is 0 Å². The molecular weight excluding hydrogens is 224 g/mol. The SMILES string of the molecule is CCc1ccc(-c2nc(Cl)ns2)s1. The molecule has 0 N–H and O–H groups in total. The van der Waals surface area contributed by atoms with Gasteiger partial charge >= 0.3 is 0 Å². The first-order valence-electron chi connectivity index (χ1n) is 3.88. The Hall–Kier alpha value is -0.450. The van der Waals surface area contributed by atoms with E-state index in [0.29, 0.717) is 5.28 Å². The van der Waals surface area contributed by atoms with Crippen LogP contribution >= 0.6 is 34.5 Å². The van der Waals surface area contributed by atoms with Gasteiger partial charge in [0.1, 0.15) is 0 Å². The Bertz CT molecular complexity index is 408. The fraction of sp³-hybridized carbons (Fsp3) is 0.250. The van der Waals surface area contributed by atoms with E-state index in [1.807, 2.05) is 0 Å². The third-order valence-electron chi connectivity index (χ3n) is 1.62. The third kappa shape index (κ3) is 1.90. The van der Waals surface area contributed by atoms with Gasteiger partial charge in [-0.1, -0.05) is 6.92 Å². The van der Waals surface area contributed by atoms with Crippen molar-refractivity contribution in [3.63, 3.8) is 0 Å². The van der Waals surface area contributed by atoms with Crippen LogP contribution in [0.25, 0.3) is 9.88 Å². The molecule has 0 saturated carbocycles. The van der Waals surface area contributed by atoms with Crippen LogP contribution in [0.1, 0.15) is 11.8 Å². The van der Waals surface area contributed by atoms with E-state index in [4.69, 9.17) is 11.6 Å². The van der Waals surface area contributed by atoms with Gasteiger partial charge in [0.15, 0.2) is 5.01 Å². The largest absolute Gasteiger partial charge is 0.234 e. The summed E-state index contributed by atoms with van der Waals surface area (Å²) in [5.41, 5.74) is 0. The zero-order valence-electron chi connectivity index (χ0n) is 6.95. The lowest BCUT2D eigenvalue weighted by atomic mass is 10.4. The zero-order chi connectivity index (χ0) is 9.26. The topological polar surface area (TPSA) is 25.8 Å². The van der Waals surface area contributed by atoms with Gasteiger partial charge in [0.25, 0.3) is 0 Å². The summed E-state index contributed by atoms with van der Waals surface area (Å²) in [4.78, 5) is 6.63. The Morgan fingerprint density at radius 1 is 1.46 bits per heavy atom. The van der Waals surface area contributed by atoms with Gasteiger partial charge in [0.05, 0.1) is 4.88 Å². The molecule has 0 unspecified atom stereocenters. The molecule has 0 aliphatic heterocycles. The van der Waals surface area contributed by atoms with Gasteiger partial charge in [-0.15, -0.1) is 11.3 Å². The smallest absolute Gasteiger partial charge is 0.204 e. The van der Waals surface area contributed by atoms with Crippen LogP contribution in [0.5, 0.6) is 0 Å². The second kappa shape index (κ2) is 3.74. The maximum Gasteiger partial charge on any atom is 0.234 e. The minimum absolute atomic E-state index is 0.339. The molecule has 0 saturated heterocycles. The van der Waals surface area contributed by atoms with E-state index < -0.39 is 0 Å². The van der Waals surface area contributed by atoms with Crippen LogP contribution in [0.3, 0.4) is 0 Å². The van der Waals surface area contributed by atoms with Crippen LogP contribution in [0.15, 0.2) is 12.1 Å². The van der Waals surface area contributed by atoms with E-state index in [0.717, 1.165) is 16.3 Å². The van der Waals surface area contributed by atoms with Crippen LogP contribution in [0.4, 0.5) is 0 Å². The van der Waals surface area contributed by atoms with Crippen molar-refractivity contribution in [2.75, 3.05) is 0 Å². The fourth-order valence-electron chi connectivity index (χ4n) is 0.988. The number of nitrogens with zero attached hydrogens (tertiary/aromatic N) is 2. The molecule has 5 heteroatoms. The van der Waals surface area contributed by atoms with Crippen molar-refractivity contribution in [1.82, 2.24) is 9.36 Å². The molecule has 0 aliphatic carbocycles. The summed E-state index contributed by atoms with van der Waals surface area (Å²) < 4.78 is 3.93. The molecule has 0 atom stereocenters. The van der Waals surface area contributed by atoms with Gasteiger partial charge in [0, 0.05) is 4.88 Å². The maximum absolute atomic E-state index is 5.64. The number of aromatic nitrogens is 2. The summed E-state index contributed by atoms with van der Waals surface area (Å²) in [6, 6.07) is 4.19. The molecule has 2 nitrogen and oxygen atoms in total. The summed E-state index contributed by atoms with van der Waals surface area (Å²) in [6.07, 6.45) is 1.07. The first kappa shape index (κ1) is 9.12. The molecule has 13 heavy (non-hydrogen) atoms. The monoisotopic (exact) mass is 230 g/mol. The fourth-order valence-corrected chi connectivity index (χ4v) is 2.78. The lowest BCUT2D eigenvalue weighted by molar-refractivity contribution is 1.19. The van der Waals surface area contributed by atoms with Gasteiger partial charge in [-0.2, -0.15) is 4.37 Å². The molecule has 2 rings (SSSR count). The number of rotatable bonds is 2. The predicted octanol–water partition coefficient (Wildman–Crippen LogP) is 3.48. The Morgan fingerprint density at radius 2 is 2.31 bits per heavy atom. The van der Waals surface area contributed by atoms with Crippen LogP contribution in [0.2, 0.25) is 5.28 Å². The average Bonchev–Trinajstić information content (AvgIpc) is 2.71. The highest BCUT2D eigenvalue weighted by atomic mass is 35.5. The van der Waals surface area contributed by atoms with E-state index in [2.05, 4.69) is 28.4 Å². The first-order valence-corrected chi connectivity index (χ1v) is 5.84. The summed E-state index contributed by atoms with van der Waals surface area (Å²) in [7, 11) is 0. The van der Waals surface area contributed by atoms with Gasteiger partial charge in [-0.05, 0) is 41.7 Å². The Morgan fingerprint density at radius 3 is 2.85 bits per heavy atom. The minimum Gasteiger partial charge on any atom is -0.204 e. The van der Waals surface area contributed by atoms with Gasteiger partial charge < -0.3 is 0 Å². The van der Waals surface area contributed by atoms with Crippen molar-refractivity contribution in [3.8, 4) is 9.88 Å². The minimum atomic E-state index is 0.339. The first-order chi connectivity index (χ1) is 6.29. The molecule has 0 bridgehead atoms. The average molecular weight is 231 g/mol. The van der Waals surface area contributed by atoms with Crippen LogP contribution < -0.4 is 0 Å². The van der Waals surface area contributed by atoms with Crippen molar-refractivity contribution in [2.24, 2.45) is 0 Å². The molecule has 0 radical (unpaired) electrons. The molecular formula is C8H7ClN2S2. The maximum atomic E-state index is 5.64. The summed E-state index contributed by atoms with van der Waals surface area (Å²) in [5, 5.41) is 1.25. The third-order valence-corrected chi connectivity index (χ3v) is 4.01. The summed E-state index contributed by atoms with van der Waals surface area (Å²) in [6.45, 7) is 2.14. The lowest BCUT2D eigenvalue weighted by Crippen LogP contribution is -1.67. The zero-order valence-corrected chi connectivity index (χ0v) is 9.34. The molecule has 0 fully saturated rings. The number of aryl methyl sites for hydroxylation is 1. The molecule has 0 spiro atoms. The van der Waals surface area contributed by atoms with E-state index in [1.54, 1.807) is 11.3 Å². The second-order valence-electron chi connectivity index (χ2n) is 2.49. The van der Waals surface area contributed by atoms with Gasteiger partial charge in [-0.3, -0.25) is 0 Å². The van der Waals surface area contributed by atoms with Crippen molar-refractivity contribution in [2.45, 2.75) is 13.3 Å². The van der Waals surface area contributed by atoms with Gasteiger partial charge in [-0.25, -0.2) is 4.98 Å². The number of hydrogen-bond donors (Lipinski definition) is 0. The Labute approximate surface area is 89.4 Å². The van der Waals surface area contributed by atoms with Gasteiger partial charge in [0.2, 0.25) is 5.28 Å². The molecule has 2 aromatic heterocycles. The van der Waals surface area contributed by atoms with Crippen molar-refractivity contribution >= 4 is 34.5 Å². The Kier molecular flexibility index (Phi) is 2.62. The predicted molar refractivity (Wildman–Crippen MR) is 57.6 cm³/mol. The van der Waals surface area contributed by atoms with Crippen molar-refractivity contribution in [3.05, 3.63) is 22.3 Å². The van der Waals surface area contributed by atoms with E-state index in [1.165, 1.54) is 16.4 Å². The summed E-state index contributed by atoms with van der Waals surface area (Å²) >= 11 is 8.74. The standard InChI is InChI=1S/C8H7ClN2S2/c1-2-5-3-4-6(12-5)7-10-8(9)11-13-7/h3-4H,2H2,1H3. The number of halogens is 1. The molecule has 0 aromatic carbocycles. The van der Waals surface area contributed by atoms with Crippen LogP contribution in [-0.2, 0) is 6.42 Å². The van der Waals surface area contributed by atoms with Crippen molar-refractivity contribution in [1.29, 1.82) is 0 Å². The molecule has 2 heterocycles. The van der Waals surface area contributed by atoms with Crippen LogP contribution in [-0.4, -0.2) is 9.36 Å². The van der Waals surface area contributed by atoms with E-state index in [-0.39, 0.29) is 0 Å². The van der Waals surface area contributed by atoms with Crippen molar-refractivity contribution < 1.29 is 0 Å². The normalized spacial score (nSPS) is 10.6. The van der Waals surface area contributed by atoms with E-state index >= 15 is 0 Å². The quantitative estimate of drug-likeness (QED) is 0.790. The Balaban J connectivity index is 2.35. The lowest BCUT2D eigenvalue weighted by Gasteiger charge is -1.85. The molecule has 2 aromatic rings. The molecule has 0 aliphatic rings. The second-order valence-corrected chi connectivity index (χ2v) is 4.75. The highest BCUT2D eigenvalue weighted by molar-refractivity contribution is 7.19. The highest BCUT2D eigenvalue weighted by Gasteiger charge is 2.06. The number of thiophene rings is 1. The number of hydrogen-bond acceptors (Lipinski definition) is 4. The summed E-state index contributed by atoms with van der Waals surface area (Å²) in [5.74, 6) is 0.